The monoisotopic (exact) mass is 225 g/mol. The number of hydrogen-bond acceptors (Lipinski definition) is 3. The Labute approximate surface area is 93.3 Å². The van der Waals surface area contributed by atoms with Gasteiger partial charge in [-0.05, 0) is 20.8 Å². The van der Waals surface area contributed by atoms with Crippen molar-refractivity contribution in [1.82, 2.24) is 15.1 Å². The van der Waals surface area contributed by atoms with E-state index in [1.54, 1.807) is 6.92 Å². The maximum absolute atomic E-state index is 11.6. The maximum Gasteiger partial charge on any atom is 0.356 e. The molecule has 0 aliphatic carbocycles. The first-order chi connectivity index (χ1) is 7.47. The van der Waals surface area contributed by atoms with Gasteiger partial charge in [-0.15, -0.1) is 0 Å². The summed E-state index contributed by atoms with van der Waals surface area (Å²) in [6, 6.07) is 1.22. The van der Waals surface area contributed by atoms with E-state index in [-0.39, 0.29) is 23.3 Å². The zero-order chi connectivity index (χ0) is 12.3. The van der Waals surface area contributed by atoms with Crippen LogP contribution >= 0.6 is 0 Å². The molecule has 0 fully saturated rings. The van der Waals surface area contributed by atoms with Gasteiger partial charge in [-0.2, -0.15) is 5.10 Å². The molecule has 0 saturated carbocycles. The lowest BCUT2D eigenvalue weighted by atomic mass is 10.3. The van der Waals surface area contributed by atoms with Crippen LogP contribution < -0.4 is 5.32 Å². The van der Waals surface area contributed by atoms with Crippen LogP contribution in [0.3, 0.4) is 0 Å². The SMILES string of the molecule is CCNC(=O)c1cc(C(=O)O)nn1C(C)C. The molecule has 0 bridgehead atoms. The average molecular weight is 225 g/mol. The second kappa shape index (κ2) is 4.78. The van der Waals surface area contributed by atoms with Crippen molar-refractivity contribution in [3.8, 4) is 0 Å². The van der Waals surface area contributed by atoms with E-state index in [0.717, 1.165) is 0 Å². The fourth-order valence-electron chi connectivity index (χ4n) is 1.31. The molecule has 0 spiro atoms. The van der Waals surface area contributed by atoms with E-state index in [2.05, 4.69) is 10.4 Å². The van der Waals surface area contributed by atoms with Crippen LogP contribution in [0.1, 0.15) is 47.8 Å². The van der Waals surface area contributed by atoms with Crippen molar-refractivity contribution < 1.29 is 14.7 Å². The number of carboxylic acids is 1. The molecule has 16 heavy (non-hydrogen) atoms. The largest absolute Gasteiger partial charge is 0.476 e. The Balaban J connectivity index is 3.15. The molecule has 6 heteroatoms. The van der Waals surface area contributed by atoms with Crippen LogP contribution in [-0.2, 0) is 0 Å². The summed E-state index contributed by atoms with van der Waals surface area (Å²) >= 11 is 0. The average Bonchev–Trinajstić information content (AvgIpc) is 2.62. The third-order valence-corrected chi connectivity index (χ3v) is 2.01. The quantitative estimate of drug-likeness (QED) is 0.797. The van der Waals surface area contributed by atoms with Crippen molar-refractivity contribution in [2.24, 2.45) is 0 Å². The summed E-state index contributed by atoms with van der Waals surface area (Å²) in [7, 11) is 0. The van der Waals surface area contributed by atoms with Crippen molar-refractivity contribution in [3.63, 3.8) is 0 Å². The van der Waals surface area contributed by atoms with Gasteiger partial charge in [0.1, 0.15) is 5.69 Å². The number of amides is 1. The highest BCUT2D eigenvalue weighted by Gasteiger charge is 2.19. The number of carboxylic acid groups (broad SMARTS) is 1. The van der Waals surface area contributed by atoms with Crippen LogP contribution in [0.2, 0.25) is 0 Å². The van der Waals surface area contributed by atoms with Crippen molar-refractivity contribution in [3.05, 3.63) is 17.5 Å². The molecule has 0 aromatic carbocycles. The summed E-state index contributed by atoms with van der Waals surface area (Å²) in [5.41, 5.74) is 0.157. The lowest BCUT2D eigenvalue weighted by Crippen LogP contribution is -2.26. The molecule has 2 N–H and O–H groups in total. The van der Waals surface area contributed by atoms with Crippen LogP contribution in [0.25, 0.3) is 0 Å². The van der Waals surface area contributed by atoms with E-state index in [0.29, 0.717) is 6.54 Å². The summed E-state index contributed by atoms with van der Waals surface area (Å²) in [4.78, 5) is 22.4. The molecule has 1 aromatic rings. The molecule has 1 aromatic heterocycles. The highest BCUT2D eigenvalue weighted by Crippen LogP contribution is 2.11. The number of nitrogens with zero attached hydrogens (tertiary/aromatic N) is 2. The molecule has 1 rings (SSSR count). The molecule has 1 heterocycles. The van der Waals surface area contributed by atoms with Gasteiger partial charge in [0.15, 0.2) is 5.69 Å². The van der Waals surface area contributed by atoms with Gasteiger partial charge in [0, 0.05) is 18.7 Å². The summed E-state index contributed by atoms with van der Waals surface area (Å²) in [6.45, 7) is 5.96. The summed E-state index contributed by atoms with van der Waals surface area (Å²) in [5.74, 6) is -1.44. The van der Waals surface area contributed by atoms with Gasteiger partial charge in [0.05, 0.1) is 0 Å². The second-order valence-electron chi connectivity index (χ2n) is 3.62. The predicted molar refractivity (Wildman–Crippen MR) is 57.6 cm³/mol. The van der Waals surface area contributed by atoms with E-state index in [1.807, 2.05) is 13.8 Å². The smallest absolute Gasteiger partial charge is 0.356 e. The van der Waals surface area contributed by atoms with E-state index >= 15 is 0 Å². The van der Waals surface area contributed by atoms with Gasteiger partial charge in [-0.1, -0.05) is 0 Å². The number of rotatable bonds is 4. The van der Waals surface area contributed by atoms with Crippen LogP contribution in [0.5, 0.6) is 0 Å². The second-order valence-corrected chi connectivity index (χ2v) is 3.62. The molecule has 1 amide bonds. The number of nitrogens with one attached hydrogen (secondary N) is 1. The Morgan fingerprint density at radius 3 is 2.62 bits per heavy atom. The van der Waals surface area contributed by atoms with Gasteiger partial charge >= 0.3 is 5.97 Å². The Hall–Kier alpha value is -1.85. The zero-order valence-corrected chi connectivity index (χ0v) is 9.52. The Morgan fingerprint density at radius 1 is 1.56 bits per heavy atom. The molecule has 0 aliphatic rings. The third kappa shape index (κ3) is 2.39. The molecular formula is C10H15N3O3. The fraction of sp³-hybridized carbons (Fsp3) is 0.500. The summed E-state index contributed by atoms with van der Waals surface area (Å²) in [6.07, 6.45) is 0. The molecule has 0 aliphatic heterocycles. The molecule has 6 nitrogen and oxygen atoms in total. The maximum atomic E-state index is 11.6. The predicted octanol–water partition coefficient (Wildman–Crippen LogP) is 0.912. The van der Waals surface area contributed by atoms with E-state index in [1.165, 1.54) is 10.7 Å². The van der Waals surface area contributed by atoms with Gasteiger partial charge in [0.25, 0.3) is 5.91 Å². The minimum Gasteiger partial charge on any atom is -0.476 e. The Kier molecular flexibility index (Phi) is 3.65. The Morgan fingerprint density at radius 2 is 2.19 bits per heavy atom. The number of hydrogen-bond donors (Lipinski definition) is 2. The van der Waals surface area contributed by atoms with Crippen molar-refractivity contribution in [2.75, 3.05) is 6.54 Å². The first kappa shape index (κ1) is 12.2. The van der Waals surface area contributed by atoms with Crippen LogP contribution in [0, 0.1) is 0 Å². The van der Waals surface area contributed by atoms with Gasteiger partial charge < -0.3 is 10.4 Å². The Bertz CT molecular complexity index is 409. The molecule has 0 radical (unpaired) electrons. The number of carbonyl (C=O) groups excluding carboxylic acids is 1. The summed E-state index contributed by atoms with van der Waals surface area (Å²) in [5, 5.41) is 15.3. The fourth-order valence-corrected chi connectivity index (χ4v) is 1.31. The first-order valence-corrected chi connectivity index (χ1v) is 5.08. The topological polar surface area (TPSA) is 84.2 Å². The molecular weight excluding hydrogens is 210 g/mol. The van der Waals surface area contributed by atoms with Gasteiger partial charge in [-0.3, -0.25) is 9.48 Å². The van der Waals surface area contributed by atoms with Crippen LogP contribution in [0.4, 0.5) is 0 Å². The molecule has 0 saturated heterocycles. The normalized spacial score (nSPS) is 10.5. The lowest BCUT2D eigenvalue weighted by Gasteiger charge is -2.09. The zero-order valence-electron chi connectivity index (χ0n) is 9.52. The highest BCUT2D eigenvalue weighted by molar-refractivity contribution is 5.95. The van der Waals surface area contributed by atoms with Crippen molar-refractivity contribution in [1.29, 1.82) is 0 Å². The number of aromatic nitrogens is 2. The van der Waals surface area contributed by atoms with Crippen LogP contribution in [-0.4, -0.2) is 33.3 Å². The van der Waals surface area contributed by atoms with Crippen molar-refractivity contribution in [2.45, 2.75) is 26.8 Å². The van der Waals surface area contributed by atoms with E-state index in [9.17, 15) is 9.59 Å². The molecule has 0 atom stereocenters. The van der Waals surface area contributed by atoms with Gasteiger partial charge in [0.2, 0.25) is 0 Å². The van der Waals surface area contributed by atoms with Crippen LogP contribution in [0.15, 0.2) is 6.07 Å². The minimum atomic E-state index is -1.13. The number of aromatic carboxylic acids is 1. The molecule has 0 unspecified atom stereocenters. The number of carbonyl (C=O) groups is 2. The van der Waals surface area contributed by atoms with E-state index < -0.39 is 5.97 Å². The molecule has 88 valence electrons. The summed E-state index contributed by atoms with van der Waals surface area (Å²) < 4.78 is 1.41. The standard InChI is InChI=1S/C10H15N3O3/c1-4-11-9(14)8-5-7(10(15)16)12-13(8)6(2)3/h5-6H,4H2,1-3H3,(H,11,14)(H,15,16). The minimum absolute atomic E-state index is 0.0642. The first-order valence-electron chi connectivity index (χ1n) is 5.08. The van der Waals surface area contributed by atoms with Gasteiger partial charge in [-0.25, -0.2) is 4.79 Å². The van der Waals surface area contributed by atoms with Crippen molar-refractivity contribution >= 4 is 11.9 Å². The van der Waals surface area contributed by atoms with E-state index in [4.69, 9.17) is 5.11 Å². The highest BCUT2D eigenvalue weighted by atomic mass is 16.4. The lowest BCUT2D eigenvalue weighted by molar-refractivity contribution is 0.0689. The third-order valence-electron chi connectivity index (χ3n) is 2.01.